The fourth-order valence-corrected chi connectivity index (χ4v) is 4.85. The van der Waals surface area contributed by atoms with Gasteiger partial charge in [0.15, 0.2) is 0 Å². The standard InChI is InChI=1S/C19H22N2O2S/c20-13-12-15-8-10-16(11-9-15)14-21-24(22,23)19-7-3-5-17-4-1-2-6-18(17)19/h1-7,15-16,21H,8-12,14H2/t15-,16-. The van der Waals surface area contributed by atoms with Gasteiger partial charge in [0.05, 0.1) is 11.0 Å². The molecule has 0 spiro atoms. The number of hydrogen-bond donors (Lipinski definition) is 1. The fourth-order valence-electron chi connectivity index (χ4n) is 3.50. The van der Waals surface area contributed by atoms with Gasteiger partial charge < -0.3 is 0 Å². The molecule has 0 saturated heterocycles. The van der Waals surface area contributed by atoms with Crippen LogP contribution in [0.25, 0.3) is 10.8 Å². The van der Waals surface area contributed by atoms with Crippen molar-refractivity contribution in [3.8, 4) is 6.07 Å². The van der Waals surface area contributed by atoms with Gasteiger partial charge in [0, 0.05) is 18.4 Å². The van der Waals surface area contributed by atoms with Crippen LogP contribution in [0.5, 0.6) is 0 Å². The zero-order valence-corrected chi connectivity index (χ0v) is 14.4. The van der Waals surface area contributed by atoms with Crippen molar-refractivity contribution in [3.05, 3.63) is 42.5 Å². The smallest absolute Gasteiger partial charge is 0.211 e. The van der Waals surface area contributed by atoms with Crippen molar-refractivity contribution in [2.75, 3.05) is 6.54 Å². The van der Waals surface area contributed by atoms with Crippen LogP contribution in [-0.2, 0) is 10.0 Å². The lowest BCUT2D eigenvalue weighted by molar-refractivity contribution is 0.278. The van der Waals surface area contributed by atoms with Gasteiger partial charge in [-0.05, 0) is 49.0 Å². The molecule has 2 aromatic carbocycles. The Morgan fingerprint density at radius 2 is 1.67 bits per heavy atom. The Balaban J connectivity index is 1.68. The molecular formula is C19H22N2O2S. The van der Waals surface area contributed by atoms with Gasteiger partial charge in [-0.1, -0.05) is 36.4 Å². The van der Waals surface area contributed by atoms with Crippen LogP contribution in [0.2, 0.25) is 0 Å². The van der Waals surface area contributed by atoms with E-state index < -0.39 is 10.0 Å². The summed E-state index contributed by atoms with van der Waals surface area (Å²) in [4.78, 5) is 0.346. The summed E-state index contributed by atoms with van der Waals surface area (Å²) >= 11 is 0. The highest BCUT2D eigenvalue weighted by Crippen LogP contribution is 2.30. The molecule has 1 aliphatic carbocycles. The van der Waals surface area contributed by atoms with Crippen LogP contribution in [-0.4, -0.2) is 15.0 Å². The average molecular weight is 342 g/mol. The zero-order valence-electron chi connectivity index (χ0n) is 13.6. The molecule has 0 atom stereocenters. The monoisotopic (exact) mass is 342 g/mol. The molecule has 0 radical (unpaired) electrons. The fraction of sp³-hybridized carbons (Fsp3) is 0.421. The van der Waals surface area contributed by atoms with Gasteiger partial charge in [0.1, 0.15) is 0 Å². The minimum atomic E-state index is -3.51. The second-order valence-electron chi connectivity index (χ2n) is 6.58. The predicted octanol–water partition coefficient (Wildman–Crippen LogP) is 3.84. The number of rotatable bonds is 5. The summed E-state index contributed by atoms with van der Waals surface area (Å²) in [5.74, 6) is 0.852. The molecule has 0 unspecified atom stereocenters. The quantitative estimate of drug-likeness (QED) is 0.897. The summed E-state index contributed by atoms with van der Waals surface area (Å²) in [6.45, 7) is 0.477. The molecule has 1 fully saturated rings. The van der Waals surface area contributed by atoms with E-state index in [9.17, 15) is 8.42 Å². The van der Waals surface area contributed by atoms with E-state index >= 15 is 0 Å². The maximum Gasteiger partial charge on any atom is 0.241 e. The van der Waals surface area contributed by atoms with E-state index in [2.05, 4.69) is 10.8 Å². The van der Waals surface area contributed by atoms with Crippen LogP contribution < -0.4 is 4.72 Å². The maximum atomic E-state index is 12.7. The Kier molecular flexibility index (Phi) is 5.17. The Morgan fingerprint density at radius 1 is 1.00 bits per heavy atom. The van der Waals surface area contributed by atoms with Gasteiger partial charge in [0.2, 0.25) is 10.0 Å². The summed E-state index contributed by atoms with van der Waals surface area (Å²) in [7, 11) is -3.51. The second kappa shape index (κ2) is 7.33. The molecule has 1 saturated carbocycles. The Morgan fingerprint density at radius 3 is 2.42 bits per heavy atom. The Hall–Kier alpha value is -1.90. The van der Waals surface area contributed by atoms with Gasteiger partial charge in [-0.15, -0.1) is 0 Å². The van der Waals surface area contributed by atoms with Gasteiger partial charge in [-0.2, -0.15) is 5.26 Å². The molecular weight excluding hydrogens is 320 g/mol. The van der Waals surface area contributed by atoms with Crippen molar-refractivity contribution in [2.24, 2.45) is 11.8 Å². The van der Waals surface area contributed by atoms with Crippen LogP contribution >= 0.6 is 0 Å². The first-order valence-corrected chi connectivity index (χ1v) is 9.93. The van der Waals surface area contributed by atoms with Crippen molar-refractivity contribution < 1.29 is 8.42 Å². The van der Waals surface area contributed by atoms with Crippen LogP contribution in [0.15, 0.2) is 47.4 Å². The molecule has 1 N–H and O–H groups in total. The average Bonchev–Trinajstić information content (AvgIpc) is 2.61. The first kappa shape index (κ1) is 16.9. The molecule has 0 aliphatic heterocycles. The minimum Gasteiger partial charge on any atom is -0.211 e. The number of fused-ring (bicyclic) bond motifs is 1. The van der Waals surface area contributed by atoms with Crippen LogP contribution in [0.3, 0.4) is 0 Å². The number of hydrogen-bond acceptors (Lipinski definition) is 3. The first-order valence-electron chi connectivity index (χ1n) is 8.44. The normalized spacial score (nSPS) is 21.5. The molecule has 0 heterocycles. The summed E-state index contributed by atoms with van der Waals surface area (Å²) in [5, 5.41) is 10.4. The molecule has 126 valence electrons. The molecule has 5 heteroatoms. The van der Waals surface area contributed by atoms with Gasteiger partial charge in [-0.3, -0.25) is 0 Å². The largest absolute Gasteiger partial charge is 0.241 e. The van der Waals surface area contributed by atoms with E-state index in [1.807, 2.05) is 30.3 Å². The van der Waals surface area contributed by atoms with Crippen molar-refractivity contribution in [1.29, 1.82) is 5.26 Å². The highest BCUT2D eigenvalue weighted by Gasteiger charge is 2.23. The number of sulfonamides is 1. The Bertz CT molecular complexity index is 842. The number of benzene rings is 2. The molecule has 1 aliphatic rings. The van der Waals surface area contributed by atoms with E-state index in [4.69, 9.17) is 5.26 Å². The topological polar surface area (TPSA) is 70.0 Å². The molecule has 2 aromatic rings. The lowest BCUT2D eigenvalue weighted by Gasteiger charge is -2.27. The molecule has 24 heavy (non-hydrogen) atoms. The van der Waals surface area contributed by atoms with Gasteiger partial charge >= 0.3 is 0 Å². The van der Waals surface area contributed by atoms with Gasteiger partial charge in [0.25, 0.3) is 0 Å². The molecule has 0 bridgehead atoms. The van der Waals surface area contributed by atoms with E-state index in [1.54, 1.807) is 12.1 Å². The van der Waals surface area contributed by atoms with Crippen LogP contribution in [0, 0.1) is 23.2 Å². The van der Waals surface area contributed by atoms with Crippen molar-refractivity contribution in [3.63, 3.8) is 0 Å². The highest BCUT2D eigenvalue weighted by atomic mass is 32.2. The van der Waals surface area contributed by atoms with E-state index in [-0.39, 0.29) is 0 Å². The van der Waals surface area contributed by atoms with Crippen molar-refractivity contribution in [1.82, 2.24) is 4.72 Å². The SMILES string of the molecule is N#CC[C@H]1CC[C@H](CNS(=O)(=O)c2cccc3ccccc23)CC1. The van der Waals surface area contributed by atoms with Crippen LogP contribution in [0.1, 0.15) is 32.1 Å². The maximum absolute atomic E-state index is 12.7. The third kappa shape index (κ3) is 3.77. The van der Waals surface area contributed by atoms with E-state index in [1.165, 1.54) is 0 Å². The number of nitrogens with zero attached hydrogens (tertiary/aromatic N) is 1. The highest BCUT2D eigenvalue weighted by molar-refractivity contribution is 7.89. The number of nitrogens with one attached hydrogen (secondary N) is 1. The van der Waals surface area contributed by atoms with E-state index in [0.29, 0.717) is 29.7 Å². The lowest BCUT2D eigenvalue weighted by atomic mass is 9.81. The Labute approximate surface area is 143 Å². The summed E-state index contributed by atoms with van der Waals surface area (Å²) in [6, 6.07) is 15.1. The molecule has 0 amide bonds. The molecule has 4 nitrogen and oxygen atoms in total. The zero-order chi connectivity index (χ0) is 17.0. The van der Waals surface area contributed by atoms with Crippen molar-refractivity contribution in [2.45, 2.75) is 37.0 Å². The van der Waals surface area contributed by atoms with Crippen molar-refractivity contribution >= 4 is 20.8 Å². The summed E-state index contributed by atoms with van der Waals surface area (Å²) < 4.78 is 28.2. The summed E-state index contributed by atoms with van der Waals surface area (Å²) in [5.41, 5.74) is 0. The number of nitriles is 1. The second-order valence-corrected chi connectivity index (χ2v) is 8.31. The molecule has 3 rings (SSSR count). The molecule has 0 aromatic heterocycles. The van der Waals surface area contributed by atoms with Gasteiger partial charge in [-0.25, -0.2) is 13.1 Å². The third-order valence-electron chi connectivity index (χ3n) is 4.95. The minimum absolute atomic E-state index is 0.346. The third-order valence-corrected chi connectivity index (χ3v) is 6.43. The van der Waals surface area contributed by atoms with E-state index in [0.717, 1.165) is 36.5 Å². The lowest BCUT2D eigenvalue weighted by Crippen LogP contribution is -2.31. The predicted molar refractivity (Wildman–Crippen MR) is 94.8 cm³/mol. The summed E-state index contributed by atoms with van der Waals surface area (Å²) in [6.07, 6.45) is 4.64. The van der Waals surface area contributed by atoms with Crippen LogP contribution in [0.4, 0.5) is 0 Å². The first-order chi connectivity index (χ1) is 11.6.